The Morgan fingerprint density at radius 2 is 1.77 bits per heavy atom. The molecule has 0 N–H and O–H groups in total. The highest BCUT2D eigenvalue weighted by Gasteiger charge is 2.39. The molecule has 3 heterocycles. The Morgan fingerprint density at radius 1 is 1.00 bits per heavy atom. The summed E-state index contributed by atoms with van der Waals surface area (Å²) in [7, 11) is -1.94. The summed E-state index contributed by atoms with van der Waals surface area (Å²) in [5.74, 6) is -0.0566. The van der Waals surface area contributed by atoms with Gasteiger partial charge in [-0.3, -0.25) is 9.59 Å². The number of carbonyl (C=O) groups excluding carboxylic acids is 2. The van der Waals surface area contributed by atoms with Crippen molar-refractivity contribution < 1.29 is 22.7 Å². The third-order valence-corrected chi connectivity index (χ3v) is 9.13. The lowest BCUT2D eigenvalue weighted by molar-refractivity contribution is -0.124. The zero-order valence-corrected chi connectivity index (χ0v) is 21.0. The molecule has 0 unspecified atom stereocenters. The summed E-state index contributed by atoms with van der Waals surface area (Å²) in [4.78, 5) is 30.2. The van der Waals surface area contributed by atoms with Crippen LogP contribution in [-0.2, 0) is 26.0 Å². The number of ether oxygens (including phenoxy) is 1. The summed E-state index contributed by atoms with van der Waals surface area (Å²) < 4.78 is 33.0. The smallest absolute Gasteiger partial charge is 0.243 e. The number of hydrogen-bond donors (Lipinski definition) is 0. The van der Waals surface area contributed by atoms with E-state index in [4.69, 9.17) is 4.74 Å². The van der Waals surface area contributed by atoms with Crippen molar-refractivity contribution in [1.82, 2.24) is 4.31 Å². The molecule has 3 aliphatic rings. The van der Waals surface area contributed by atoms with Crippen LogP contribution in [0.5, 0.6) is 5.75 Å². The normalized spacial score (nSPS) is 20.9. The summed E-state index contributed by atoms with van der Waals surface area (Å²) in [6.45, 7) is 3.92. The van der Waals surface area contributed by atoms with E-state index in [0.29, 0.717) is 42.5 Å². The summed E-state index contributed by atoms with van der Waals surface area (Å²) in [5, 5.41) is 0. The zero-order valence-electron chi connectivity index (χ0n) is 20.2. The van der Waals surface area contributed by atoms with Gasteiger partial charge in [0, 0.05) is 38.3 Å². The zero-order chi connectivity index (χ0) is 24.7. The molecule has 2 saturated heterocycles. The lowest BCUT2D eigenvalue weighted by Gasteiger charge is -2.32. The quantitative estimate of drug-likeness (QED) is 0.634. The van der Waals surface area contributed by atoms with E-state index < -0.39 is 15.9 Å². The Labute approximate surface area is 206 Å². The number of nitrogens with zero attached hydrogens (tertiary/aromatic N) is 3. The van der Waals surface area contributed by atoms with Gasteiger partial charge in [-0.1, -0.05) is 6.07 Å². The second-order valence-corrected chi connectivity index (χ2v) is 11.5. The third-order valence-electron chi connectivity index (χ3n) is 7.24. The molecule has 2 fully saturated rings. The molecule has 3 aliphatic heterocycles. The maximum atomic E-state index is 13.6. The number of sulfonamides is 1. The van der Waals surface area contributed by atoms with Crippen LogP contribution in [0.1, 0.15) is 36.8 Å². The van der Waals surface area contributed by atoms with Gasteiger partial charge in [0.2, 0.25) is 21.8 Å². The SMILES string of the molecule is COc1ccc(C)cc1N1C[C@@H](C(=O)N2CCCc3cc(S(=O)(=O)N4CCCC4)ccc32)CC1=O. The lowest BCUT2D eigenvalue weighted by atomic mass is 9.99. The minimum Gasteiger partial charge on any atom is -0.495 e. The Kier molecular flexibility index (Phi) is 6.31. The number of hydrogen-bond acceptors (Lipinski definition) is 5. The van der Waals surface area contributed by atoms with Gasteiger partial charge < -0.3 is 14.5 Å². The summed E-state index contributed by atoms with van der Waals surface area (Å²) in [6.07, 6.45) is 3.39. The number of aryl methyl sites for hydroxylation is 2. The van der Waals surface area contributed by atoms with Crippen molar-refractivity contribution in [3.8, 4) is 5.75 Å². The van der Waals surface area contributed by atoms with Crippen LogP contribution in [0.4, 0.5) is 11.4 Å². The van der Waals surface area contributed by atoms with Gasteiger partial charge in [-0.25, -0.2) is 8.42 Å². The Bertz CT molecular complexity index is 1270. The fraction of sp³-hybridized carbons (Fsp3) is 0.462. The van der Waals surface area contributed by atoms with Crippen molar-refractivity contribution in [2.45, 2.75) is 43.9 Å². The second kappa shape index (κ2) is 9.28. The molecule has 5 rings (SSSR count). The van der Waals surface area contributed by atoms with Gasteiger partial charge in [-0.05, 0) is 74.1 Å². The van der Waals surface area contributed by atoms with E-state index in [1.165, 1.54) is 0 Å². The molecule has 186 valence electrons. The van der Waals surface area contributed by atoms with Gasteiger partial charge in [0.1, 0.15) is 5.75 Å². The first-order valence-electron chi connectivity index (χ1n) is 12.2. The van der Waals surface area contributed by atoms with Crippen LogP contribution in [0.2, 0.25) is 0 Å². The molecular formula is C26H31N3O5S. The van der Waals surface area contributed by atoms with E-state index >= 15 is 0 Å². The predicted molar refractivity (Wildman–Crippen MR) is 133 cm³/mol. The first-order valence-corrected chi connectivity index (χ1v) is 13.6. The molecule has 0 radical (unpaired) electrons. The van der Waals surface area contributed by atoms with Crippen LogP contribution in [0.3, 0.4) is 0 Å². The van der Waals surface area contributed by atoms with Crippen molar-refractivity contribution in [1.29, 1.82) is 0 Å². The summed E-state index contributed by atoms with van der Waals surface area (Å²) in [6, 6.07) is 10.8. The Morgan fingerprint density at radius 3 is 2.51 bits per heavy atom. The number of rotatable bonds is 5. The molecule has 35 heavy (non-hydrogen) atoms. The van der Waals surface area contributed by atoms with Gasteiger partial charge in [0.05, 0.1) is 23.6 Å². The van der Waals surface area contributed by atoms with Gasteiger partial charge in [-0.15, -0.1) is 0 Å². The molecule has 0 spiro atoms. The van der Waals surface area contributed by atoms with E-state index in [0.717, 1.165) is 42.5 Å². The van der Waals surface area contributed by atoms with Crippen molar-refractivity contribution in [3.05, 3.63) is 47.5 Å². The van der Waals surface area contributed by atoms with Gasteiger partial charge >= 0.3 is 0 Å². The van der Waals surface area contributed by atoms with Crippen LogP contribution in [-0.4, -0.2) is 57.8 Å². The third kappa shape index (κ3) is 4.31. The van der Waals surface area contributed by atoms with E-state index in [2.05, 4.69) is 0 Å². The molecule has 0 aliphatic carbocycles. The topological polar surface area (TPSA) is 87.2 Å². The van der Waals surface area contributed by atoms with Crippen LogP contribution < -0.4 is 14.5 Å². The fourth-order valence-corrected chi connectivity index (χ4v) is 6.95. The van der Waals surface area contributed by atoms with Crippen molar-refractivity contribution in [2.75, 3.05) is 43.1 Å². The van der Waals surface area contributed by atoms with Crippen molar-refractivity contribution in [3.63, 3.8) is 0 Å². The number of anilines is 2. The van der Waals surface area contributed by atoms with Crippen LogP contribution in [0.15, 0.2) is 41.3 Å². The number of benzene rings is 2. The molecule has 9 heteroatoms. The number of fused-ring (bicyclic) bond motifs is 1. The highest BCUT2D eigenvalue weighted by Crippen LogP contribution is 2.37. The molecular weight excluding hydrogens is 466 g/mol. The maximum Gasteiger partial charge on any atom is 0.243 e. The molecule has 2 aromatic rings. The standard InChI is InChI=1S/C26H31N3O5S/c1-18-7-10-24(34-2)23(14-18)29-17-20(16-25(29)30)26(31)28-13-5-6-19-15-21(8-9-22(19)28)35(32,33)27-11-3-4-12-27/h7-10,14-15,20H,3-6,11-13,16-17H2,1-2H3/t20-/m0/s1. The monoisotopic (exact) mass is 497 g/mol. The highest BCUT2D eigenvalue weighted by molar-refractivity contribution is 7.89. The van der Waals surface area contributed by atoms with Crippen LogP contribution in [0.25, 0.3) is 0 Å². The molecule has 2 aromatic carbocycles. The summed E-state index contributed by atoms with van der Waals surface area (Å²) >= 11 is 0. The Balaban J connectivity index is 1.38. The highest BCUT2D eigenvalue weighted by atomic mass is 32.2. The minimum absolute atomic E-state index is 0.0939. The van der Waals surface area contributed by atoms with E-state index in [1.54, 1.807) is 39.4 Å². The van der Waals surface area contributed by atoms with Gasteiger partial charge in [0.15, 0.2) is 0 Å². The minimum atomic E-state index is -3.51. The van der Waals surface area contributed by atoms with Crippen LogP contribution in [0, 0.1) is 12.8 Å². The fourth-order valence-electron chi connectivity index (χ4n) is 5.38. The molecule has 8 nitrogen and oxygen atoms in total. The first-order chi connectivity index (χ1) is 16.8. The molecule has 1 atom stereocenters. The van der Waals surface area contributed by atoms with E-state index in [-0.39, 0.29) is 18.2 Å². The number of methoxy groups -OCH3 is 1. The average molecular weight is 498 g/mol. The van der Waals surface area contributed by atoms with Crippen molar-refractivity contribution >= 4 is 33.2 Å². The van der Waals surface area contributed by atoms with E-state index in [1.807, 2.05) is 25.1 Å². The molecule has 2 amide bonds. The lowest BCUT2D eigenvalue weighted by Crippen LogP contribution is -2.40. The predicted octanol–water partition coefficient (Wildman–Crippen LogP) is 3.12. The first kappa shape index (κ1) is 23.8. The Hall–Kier alpha value is -2.91. The largest absolute Gasteiger partial charge is 0.495 e. The van der Waals surface area contributed by atoms with Gasteiger partial charge in [-0.2, -0.15) is 4.31 Å². The van der Waals surface area contributed by atoms with Gasteiger partial charge in [0.25, 0.3) is 0 Å². The maximum absolute atomic E-state index is 13.6. The summed E-state index contributed by atoms with van der Waals surface area (Å²) in [5.41, 5.74) is 3.31. The molecule has 0 bridgehead atoms. The second-order valence-electron chi connectivity index (χ2n) is 9.58. The molecule has 0 aromatic heterocycles. The van der Waals surface area contributed by atoms with Crippen LogP contribution >= 0.6 is 0 Å². The number of carbonyl (C=O) groups is 2. The van der Waals surface area contributed by atoms with E-state index in [9.17, 15) is 18.0 Å². The number of amides is 2. The average Bonchev–Trinajstić information content (AvgIpc) is 3.53. The van der Waals surface area contributed by atoms with Crippen molar-refractivity contribution in [2.24, 2.45) is 5.92 Å². The molecule has 0 saturated carbocycles.